The standard InChI is InChI=1S/C9H12N2.2ClH/c10-8-5-6-11-9-4-2-1-3-7(8)9;;/h1-4,8,11H,5-6,10H2;2*1H/t8-;;/m0../s1. The van der Waals surface area contributed by atoms with E-state index < -0.39 is 0 Å². The van der Waals surface area contributed by atoms with Gasteiger partial charge in [-0.25, -0.2) is 0 Å². The van der Waals surface area contributed by atoms with Crippen LogP contribution in [-0.4, -0.2) is 6.54 Å². The summed E-state index contributed by atoms with van der Waals surface area (Å²) >= 11 is 0. The second-order valence-electron chi connectivity index (χ2n) is 2.91. The number of para-hydroxylation sites is 1. The molecule has 2 nitrogen and oxygen atoms in total. The van der Waals surface area contributed by atoms with Gasteiger partial charge in [0, 0.05) is 18.3 Å². The third-order valence-corrected chi connectivity index (χ3v) is 2.13. The Hall–Kier alpha value is -0.440. The van der Waals surface area contributed by atoms with Crippen molar-refractivity contribution in [3.8, 4) is 0 Å². The van der Waals surface area contributed by atoms with Crippen molar-refractivity contribution < 1.29 is 0 Å². The van der Waals surface area contributed by atoms with E-state index in [9.17, 15) is 0 Å². The number of anilines is 1. The van der Waals surface area contributed by atoms with Crippen LogP contribution in [0, 0.1) is 0 Å². The van der Waals surface area contributed by atoms with Gasteiger partial charge in [-0.15, -0.1) is 24.8 Å². The van der Waals surface area contributed by atoms with Crippen LogP contribution in [-0.2, 0) is 0 Å². The maximum Gasteiger partial charge on any atom is 0.0388 e. The van der Waals surface area contributed by atoms with Crippen molar-refractivity contribution in [3.63, 3.8) is 0 Å². The van der Waals surface area contributed by atoms with Gasteiger partial charge in [0.05, 0.1) is 0 Å². The topological polar surface area (TPSA) is 38.0 Å². The second-order valence-corrected chi connectivity index (χ2v) is 2.91. The van der Waals surface area contributed by atoms with Gasteiger partial charge < -0.3 is 11.1 Å². The first kappa shape index (κ1) is 12.6. The first-order chi connectivity index (χ1) is 5.38. The predicted molar refractivity (Wildman–Crippen MR) is 61.0 cm³/mol. The number of fused-ring (bicyclic) bond motifs is 1. The average molecular weight is 221 g/mol. The molecule has 0 amide bonds. The molecule has 0 saturated heterocycles. The number of nitrogens with one attached hydrogen (secondary N) is 1. The first-order valence-corrected chi connectivity index (χ1v) is 3.96. The summed E-state index contributed by atoms with van der Waals surface area (Å²) in [5.41, 5.74) is 8.36. The third kappa shape index (κ3) is 2.50. The molecule has 74 valence electrons. The van der Waals surface area contributed by atoms with Gasteiger partial charge in [0.25, 0.3) is 0 Å². The van der Waals surface area contributed by atoms with Crippen molar-refractivity contribution in [2.24, 2.45) is 5.73 Å². The highest BCUT2D eigenvalue weighted by Crippen LogP contribution is 2.26. The Bertz CT molecular complexity index is 266. The van der Waals surface area contributed by atoms with Gasteiger partial charge in [-0.1, -0.05) is 18.2 Å². The monoisotopic (exact) mass is 220 g/mol. The van der Waals surface area contributed by atoms with Crippen LogP contribution in [0.2, 0.25) is 0 Å². The van der Waals surface area contributed by atoms with E-state index in [1.54, 1.807) is 0 Å². The Kier molecular flexibility index (Phi) is 5.14. The molecule has 0 bridgehead atoms. The molecule has 0 radical (unpaired) electrons. The van der Waals surface area contributed by atoms with Crippen LogP contribution in [0.3, 0.4) is 0 Å². The third-order valence-electron chi connectivity index (χ3n) is 2.13. The van der Waals surface area contributed by atoms with E-state index in [0.29, 0.717) is 0 Å². The normalized spacial score (nSPS) is 18.7. The molecule has 0 aliphatic carbocycles. The molecule has 1 aromatic rings. The van der Waals surface area contributed by atoms with Gasteiger partial charge in [-0.2, -0.15) is 0 Å². The molecule has 1 heterocycles. The Balaban J connectivity index is 0.000000720. The van der Waals surface area contributed by atoms with Crippen molar-refractivity contribution >= 4 is 30.5 Å². The van der Waals surface area contributed by atoms with Gasteiger partial charge in [0.1, 0.15) is 0 Å². The van der Waals surface area contributed by atoms with Gasteiger partial charge >= 0.3 is 0 Å². The summed E-state index contributed by atoms with van der Waals surface area (Å²) in [7, 11) is 0. The quantitative estimate of drug-likeness (QED) is 0.705. The number of hydrogen-bond acceptors (Lipinski definition) is 2. The van der Waals surface area contributed by atoms with Gasteiger partial charge in [0.15, 0.2) is 0 Å². The lowest BCUT2D eigenvalue weighted by atomic mass is 9.99. The highest BCUT2D eigenvalue weighted by Gasteiger charge is 2.14. The Morgan fingerprint density at radius 1 is 1.23 bits per heavy atom. The van der Waals surface area contributed by atoms with Crippen LogP contribution in [0.5, 0.6) is 0 Å². The summed E-state index contributed by atoms with van der Waals surface area (Å²) < 4.78 is 0. The molecule has 0 unspecified atom stereocenters. The molecule has 4 heteroatoms. The van der Waals surface area contributed by atoms with E-state index in [-0.39, 0.29) is 30.9 Å². The number of benzene rings is 1. The molecule has 2 rings (SSSR count). The summed E-state index contributed by atoms with van der Waals surface area (Å²) in [6.45, 7) is 0.998. The largest absolute Gasteiger partial charge is 0.385 e. The minimum Gasteiger partial charge on any atom is -0.385 e. The van der Waals surface area contributed by atoms with E-state index in [2.05, 4.69) is 17.4 Å². The maximum absolute atomic E-state index is 5.91. The zero-order valence-electron chi connectivity index (χ0n) is 7.19. The van der Waals surface area contributed by atoms with Crippen molar-refractivity contribution in [2.45, 2.75) is 12.5 Å². The molecule has 1 aromatic carbocycles. The molecular formula is C9H14Cl2N2. The van der Waals surface area contributed by atoms with Crippen LogP contribution < -0.4 is 11.1 Å². The predicted octanol–water partition coefficient (Wildman–Crippen LogP) is 2.35. The molecule has 0 aromatic heterocycles. The Morgan fingerprint density at radius 2 is 1.92 bits per heavy atom. The molecule has 1 atom stereocenters. The van der Waals surface area contributed by atoms with Crippen LogP contribution in [0.4, 0.5) is 5.69 Å². The van der Waals surface area contributed by atoms with E-state index >= 15 is 0 Å². The zero-order valence-corrected chi connectivity index (χ0v) is 8.83. The maximum atomic E-state index is 5.91. The summed E-state index contributed by atoms with van der Waals surface area (Å²) in [5, 5.41) is 3.31. The Morgan fingerprint density at radius 3 is 2.62 bits per heavy atom. The number of rotatable bonds is 0. The van der Waals surface area contributed by atoms with Gasteiger partial charge in [-0.3, -0.25) is 0 Å². The molecule has 0 fully saturated rings. The molecule has 1 aliphatic rings. The van der Waals surface area contributed by atoms with Crippen LogP contribution in [0.1, 0.15) is 18.0 Å². The molecule has 3 N–H and O–H groups in total. The van der Waals surface area contributed by atoms with Crippen molar-refractivity contribution in [1.29, 1.82) is 0 Å². The van der Waals surface area contributed by atoms with Crippen LogP contribution in [0.15, 0.2) is 24.3 Å². The number of halogens is 2. The summed E-state index contributed by atoms with van der Waals surface area (Å²) in [4.78, 5) is 0. The fraction of sp³-hybridized carbons (Fsp3) is 0.333. The SMILES string of the molecule is Cl.Cl.N[C@H]1CCNc2ccccc21. The number of nitrogens with two attached hydrogens (primary N) is 1. The zero-order chi connectivity index (χ0) is 7.68. The Labute approximate surface area is 90.7 Å². The smallest absolute Gasteiger partial charge is 0.0388 e. The lowest BCUT2D eigenvalue weighted by Gasteiger charge is -2.23. The van der Waals surface area contributed by atoms with Gasteiger partial charge in [0.2, 0.25) is 0 Å². The van der Waals surface area contributed by atoms with E-state index in [1.807, 2.05) is 12.1 Å². The fourth-order valence-corrected chi connectivity index (χ4v) is 1.50. The molecule has 1 aliphatic heterocycles. The number of hydrogen-bond donors (Lipinski definition) is 2. The highest BCUT2D eigenvalue weighted by atomic mass is 35.5. The second kappa shape index (κ2) is 5.32. The van der Waals surface area contributed by atoms with Gasteiger partial charge in [-0.05, 0) is 18.1 Å². The van der Waals surface area contributed by atoms with Crippen LogP contribution in [0.25, 0.3) is 0 Å². The summed E-state index contributed by atoms with van der Waals surface area (Å²) in [6.07, 6.45) is 1.04. The minimum absolute atomic E-state index is 0. The van der Waals surface area contributed by atoms with Crippen molar-refractivity contribution in [3.05, 3.63) is 29.8 Å². The average Bonchev–Trinajstić information content (AvgIpc) is 2.06. The first-order valence-electron chi connectivity index (χ1n) is 3.96. The molecule has 13 heavy (non-hydrogen) atoms. The van der Waals surface area contributed by atoms with E-state index in [4.69, 9.17) is 5.73 Å². The molecular weight excluding hydrogens is 207 g/mol. The lowest BCUT2D eigenvalue weighted by molar-refractivity contribution is 0.655. The van der Waals surface area contributed by atoms with E-state index in [1.165, 1.54) is 11.3 Å². The van der Waals surface area contributed by atoms with Crippen LogP contribution >= 0.6 is 24.8 Å². The minimum atomic E-state index is 0. The highest BCUT2D eigenvalue weighted by molar-refractivity contribution is 5.85. The summed E-state index contributed by atoms with van der Waals surface area (Å²) in [6, 6.07) is 8.46. The summed E-state index contributed by atoms with van der Waals surface area (Å²) in [5.74, 6) is 0. The fourth-order valence-electron chi connectivity index (χ4n) is 1.50. The van der Waals surface area contributed by atoms with Crippen molar-refractivity contribution in [2.75, 3.05) is 11.9 Å². The lowest BCUT2D eigenvalue weighted by Crippen LogP contribution is -2.22. The molecule has 0 saturated carbocycles. The van der Waals surface area contributed by atoms with Crippen molar-refractivity contribution in [1.82, 2.24) is 0 Å². The molecule has 0 spiro atoms. The van der Waals surface area contributed by atoms with E-state index in [0.717, 1.165) is 13.0 Å².